The van der Waals surface area contributed by atoms with E-state index in [0.717, 1.165) is 0 Å². The Morgan fingerprint density at radius 1 is 1.45 bits per heavy atom. The Morgan fingerprint density at radius 3 is 2.82 bits per heavy atom. The topological polar surface area (TPSA) is 97.8 Å². The van der Waals surface area contributed by atoms with Gasteiger partial charge >= 0.3 is 0 Å². The van der Waals surface area contributed by atoms with Crippen LogP contribution >= 0.6 is 0 Å². The van der Waals surface area contributed by atoms with Crippen molar-refractivity contribution >= 4 is 11.4 Å². The van der Waals surface area contributed by atoms with E-state index in [9.17, 15) is 15.2 Å². The van der Waals surface area contributed by atoms with Gasteiger partial charge in [-0.05, 0) is 25.1 Å². The first-order chi connectivity index (χ1) is 10.4. The molecule has 0 saturated heterocycles. The van der Waals surface area contributed by atoms with Crippen molar-refractivity contribution in [2.75, 3.05) is 19.0 Å². The largest absolute Gasteiger partial charge is 0.466 e. The number of nitro groups is 1. The number of rotatable bonds is 7. The third-order valence-corrected chi connectivity index (χ3v) is 3.27. The van der Waals surface area contributed by atoms with E-state index in [-0.39, 0.29) is 18.8 Å². The SMILES string of the molecule is COCc1cc([N+](=O)[O-])ccc1NCC(C)(O)c1ccco1. The highest BCUT2D eigenvalue weighted by Crippen LogP contribution is 2.26. The molecule has 1 aromatic carbocycles. The van der Waals surface area contributed by atoms with E-state index in [2.05, 4.69) is 5.32 Å². The molecule has 0 aliphatic rings. The molecule has 2 N–H and O–H groups in total. The molecule has 7 nitrogen and oxygen atoms in total. The van der Waals surface area contributed by atoms with Gasteiger partial charge < -0.3 is 19.6 Å². The average molecular weight is 306 g/mol. The van der Waals surface area contributed by atoms with E-state index >= 15 is 0 Å². The van der Waals surface area contributed by atoms with Crippen LogP contribution in [0.2, 0.25) is 0 Å². The molecule has 1 unspecified atom stereocenters. The lowest BCUT2D eigenvalue weighted by molar-refractivity contribution is -0.384. The van der Waals surface area contributed by atoms with Crippen LogP contribution in [-0.2, 0) is 16.9 Å². The van der Waals surface area contributed by atoms with Gasteiger partial charge in [-0.25, -0.2) is 0 Å². The lowest BCUT2D eigenvalue weighted by atomic mass is 10.0. The minimum atomic E-state index is -1.20. The number of methoxy groups -OCH3 is 1. The first-order valence-corrected chi connectivity index (χ1v) is 6.70. The van der Waals surface area contributed by atoms with Crippen molar-refractivity contribution < 1.29 is 19.2 Å². The van der Waals surface area contributed by atoms with Crippen LogP contribution in [0.3, 0.4) is 0 Å². The molecule has 0 bridgehead atoms. The van der Waals surface area contributed by atoms with Gasteiger partial charge in [0.15, 0.2) is 0 Å². The minimum Gasteiger partial charge on any atom is -0.466 e. The van der Waals surface area contributed by atoms with E-state index in [1.54, 1.807) is 25.1 Å². The number of ether oxygens (including phenoxy) is 1. The Labute approximate surface area is 127 Å². The number of furan rings is 1. The summed E-state index contributed by atoms with van der Waals surface area (Å²) in [6, 6.07) is 7.85. The molecule has 0 spiro atoms. The van der Waals surface area contributed by atoms with Gasteiger partial charge in [0.25, 0.3) is 5.69 Å². The maximum atomic E-state index is 10.8. The highest BCUT2D eigenvalue weighted by atomic mass is 16.6. The maximum Gasteiger partial charge on any atom is 0.269 e. The van der Waals surface area contributed by atoms with E-state index in [0.29, 0.717) is 17.0 Å². The van der Waals surface area contributed by atoms with Gasteiger partial charge in [0, 0.05) is 30.5 Å². The summed E-state index contributed by atoms with van der Waals surface area (Å²) in [4.78, 5) is 10.4. The number of aliphatic hydroxyl groups is 1. The Morgan fingerprint density at radius 2 is 2.23 bits per heavy atom. The summed E-state index contributed by atoms with van der Waals surface area (Å²) < 4.78 is 10.3. The van der Waals surface area contributed by atoms with Crippen molar-refractivity contribution in [3.05, 3.63) is 58.0 Å². The van der Waals surface area contributed by atoms with Crippen molar-refractivity contribution in [1.82, 2.24) is 0 Å². The van der Waals surface area contributed by atoms with Crippen LogP contribution in [0.25, 0.3) is 0 Å². The number of hydrogen-bond donors (Lipinski definition) is 2. The second-order valence-electron chi connectivity index (χ2n) is 5.14. The average Bonchev–Trinajstić information content (AvgIpc) is 3.01. The van der Waals surface area contributed by atoms with Crippen LogP contribution in [0.1, 0.15) is 18.2 Å². The predicted molar refractivity (Wildman–Crippen MR) is 80.6 cm³/mol. The molecule has 0 aliphatic carbocycles. The van der Waals surface area contributed by atoms with E-state index in [4.69, 9.17) is 9.15 Å². The Hall–Kier alpha value is -2.38. The number of nitrogens with zero attached hydrogens (tertiary/aromatic N) is 1. The molecular weight excluding hydrogens is 288 g/mol. The summed E-state index contributed by atoms with van der Waals surface area (Å²) in [6.45, 7) is 2.04. The standard InChI is InChI=1S/C15H18N2O5/c1-15(18,14-4-3-7-22-14)10-16-13-6-5-12(17(19)20)8-11(13)9-21-2/h3-8,16,18H,9-10H2,1-2H3. The fraction of sp³-hybridized carbons (Fsp3) is 0.333. The minimum absolute atomic E-state index is 0.00426. The van der Waals surface area contributed by atoms with Crippen molar-refractivity contribution in [3.8, 4) is 0 Å². The van der Waals surface area contributed by atoms with Crippen LogP contribution in [0.15, 0.2) is 41.0 Å². The Balaban J connectivity index is 2.16. The van der Waals surface area contributed by atoms with Crippen molar-refractivity contribution in [1.29, 1.82) is 0 Å². The zero-order valence-corrected chi connectivity index (χ0v) is 12.4. The van der Waals surface area contributed by atoms with Crippen molar-refractivity contribution in [2.45, 2.75) is 19.1 Å². The summed E-state index contributed by atoms with van der Waals surface area (Å²) in [5.41, 5.74) is 0.108. The molecule has 1 heterocycles. The number of nitro benzene ring substituents is 1. The van der Waals surface area contributed by atoms with Gasteiger partial charge in [-0.2, -0.15) is 0 Å². The zero-order chi connectivity index (χ0) is 16.2. The van der Waals surface area contributed by atoms with Gasteiger partial charge in [-0.1, -0.05) is 0 Å². The van der Waals surface area contributed by atoms with Crippen molar-refractivity contribution in [2.24, 2.45) is 0 Å². The quantitative estimate of drug-likeness (QED) is 0.603. The molecule has 1 atom stereocenters. The fourth-order valence-corrected chi connectivity index (χ4v) is 2.08. The summed E-state index contributed by atoms with van der Waals surface area (Å²) in [5.74, 6) is 0.440. The summed E-state index contributed by atoms with van der Waals surface area (Å²) in [6.07, 6.45) is 1.49. The lowest BCUT2D eigenvalue weighted by Gasteiger charge is -2.22. The third-order valence-electron chi connectivity index (χ3n) is 3.27. The molecule has 7 heteroatoms. The molecule has 2 rings (SSSR count). The predicted octanol–water partition coefficient (Wildman–Crippen LogP) is 2.65. The summed E-state index contributed by atoms with van der Waals surface area (Å²) in [5, 5.41) is 24.3. The van der Waals surface area contributed by atoms with E-state index in [1.807, 2.05) is 0 Å². The molecule has 1 aromatic heterocycles. The van der Waals surface area contributed by atoms with Crippen molar-refractivity contribution in [3.63, 3.8) is 0 Å². The molecular formula is C15H18N2O5. The fourth-order valence-electron chi connectivity index (χ4n) is 2.08. The van der Waals surface area contributed by atoms with Crippen LogP contribution in [0, 0.1) is 10.1 Å². The molecule has 0 fully saturated rings. The smallest absolute Gasteiger partial charge is 0.269 e. The van der Waals surface area contributed by atoms with Crippen LogP contribution in [0.5, 0.6) is 0 Å². The van der Waals surface area contributed by atoms with Gasteiger partial charge in [-0.3, -0.25) is 10.1 Å². The number of non-ortho nitro benzene ring substituents is 1. The molecule has 2 aromatic rings. The highest BCUT2D eigenvalue weighted by molar-refractivity contribution is 5.56. The number of benzene rings is 1. The van der Waals surface area contributed by atoms with Crippen LogP contribution < -0.4 is 5.32 Å². The zero-order valence-electron chi connectivity index (χ0n) is 12.4. The third kappa shape index (κ3) is 3.63. The number of nitrogens with one attached hydrogen (secondary N) is 1. The highest BCUT2D eigenvalue weighted by Gasteiger charge is 2.26. The van der Waals surface area contributed by atoms with Gasteiger partial charge in [-0.15, -0.1) is 0 Å². The molecule has 0 amide bonds. The van der Waals surface area contributed by atoms with Crippen LogP contribution in [-0.4, -0.2) is 23.7 Å². The molecule has 0 radical (unpaired) electrons. The first kappa shape index (κ1) is 16.0. The normalized spacial score (nSPS) is 13.6. The first-order valence-electron chi connectivity index (χ1n) is 6.70. The van der Waals surface area contributed by atoms with E-state index in [1.165, 1.54) is 25.5 Å². The molecule has 0 aliphatic heterocycles. The number of anilines is 1. The monoisotopic (exact) mass is 306 g/mol. The Bertz CT molecular complexity index is 637. The summed E-state index contributed by atoms with van der Waals surface area (Å²) >= 11 is 0. The Kier molecular flexibility index (Phi) is 4.79. The van der Waals surface area contributed by atoms with Gasteiger partial charge in [0.1, 0.15) is 11.4 Å². The van der Waals surface area contributed by atoms with E-state index < -0.39 is 10.5 Å². The second kappa shape index (κ2) is 6.59. The maximum absolute atomic E-state index is 10.8. The van der Waals surface area contributed by atoms with Crippen LogP contribution in [0.4, 0.5) is 11.4 Å². The molecule has 118 valence electrons. The summed E-state index contributed by atoms with van der Waals surface area (Å²) in [7, 11) is 1.52. The molecule has 22 heavy (non-hydrogen) atoms. The molecule has 0 saturated carbocycles. The van der Waals surface area contributed by atoms with Gasteiger partial charge in [0.05, 0.1) is 24.3 Å². The second-order valence-corrected chi connectivity index (χ2v) is 5.14. The lowest BCUT2D eigenvalue weighted by Crippen LogP contribution is -2.30. The van der Waals surface area contributed by atoms with Gasteiger partial charge in [0.2, 0.25) is 0 Å². The number of hydrogen-bond acceptors (Lipinski definition) is 6.